The summed E-state index contributed by atoms with van der Waals surface area (Å²) in [5, 5.41) is 10.0. The Kier molecular flexibility index (Phi) is 3.56. The molecule has 0 atom stereocenters. The van der Waals surface area contributed by atoms with Crippen molar-refractivity contribution in [2.24, 2.45) is 0 Å². The number of phenolic OH excluding ortho intramolecular Hbond substituents is 1. The second kappa shape index (κ2) is 5.40. The molecular formula is C17H14F2O3. The van der Waals surface area contributed by atoms with Gasteiger partial charge in [-0.2, -0.15) is 0 Å². The Morgan fingerprint density at radius 2 is 1.91 bits per heavy atom. The third kappa shape index (κ3) is 2.54. The predicted octanol–water partition coefficient (Wildman–Crippen LogP) is 4.00. The van der Waals surface area contributed by atoms with Crippen LogP contribution < -0.4 is 0 Å². The van der Waals surface area contributed by atoms with Crippen LogP contribution in [-0.2, 0) is 4.74 Å². The van der Waals surface area contributed by atoms with Crippen LogP contribution in [0, 0.1) is 11.6 Å². The van der Waals surface area contributed by atoms with Gasteiger partial charge in [-0.1, -0.05) is 0 Å². The molecule has 1 saturated carbocycles. The molecule has 3 nitrogen and oxygen atoms in total. The van der Waals surface area contributed by atoms with Gasteiger partial charge >= 0.3 is 5.97 Å². The van der Waals surface area contributed by atoms with Crippen molar-refractivity contribution >= 4 is 5.97 Å². The number of aromatic hydroxyl groups is 1. The lowest BCUT2D eigenvalue weighted by molar-refractivity contribution is 0.0597. The Balaban J connectivity index is 2.18. The van der Waals surface area contributed by atoms with Crippen LogP contribution in [0.1, 0.15) is 34.7 Å². The lowest BCUT2D eigenvalue weighted by atomic mass is 9.93. The first-order chi connectivity index (χ1) is 10.5. The number of halogens is 2. The molecule has 0 bridgehead atoms. The van der Waals surface area contributed by atoms with E-state index in [9.17, 15) is 18.7 Å². The quantitative estimate of drug-likeness (QED) is 0.872. The first-order valence-electron chi connectivity index (χ1n) is 6.92. The monoisotopic (exact) mass is 304 g/mol. The van der Waals surface area contributed by atoms with Crippen LogP contribution >= 0.6 is 0 Å². The molecule has 1 aliphatic rings. The molecule has 114 valence electrons. The maximum absolute atomic E-state index is 14.0. The number of carbonyl (C=O) groups is 1. The zero-order chi connectivity index (χ0) is 15.9. The topological polar surface area (TPSA) is 46.5 Å². The number of ether oxygens (including phenoxy) is 1. The molecule has 1 N–H and O–H groups in total. The van der Waals surface area contributed by atoms with Gasteiger partial charge in [-0.25, -0.2) is 13.6 Å². The normalized spacial score (nSPS) is 14.0. The van der Waals surface area contributed by atoms with E-state index in [1.165, 1.54) is 31.4 Å². The maximum Gasteiger partial charge on any atom is 0.341 e. The summed E-state index contributed by atoms with van der Waals surface area (Å²) in [6.45, 7) is 0. The van der Waals surface area contributed by atoms with Gasteiger partial charge in [0, 0.05) is 11.6 Å². The number of methoxy groups -OCH3 is 1. The highest BCUT2D eigenvalue weighted by Gasteiger charge is 2.29. The number of phenols is 1. The molecule has 0 heterocycles. The maximum atomic E-state index is 14.0. The molecule has 3 rings (SSSR count). The Hall–Kier alpha value is -2.43. The molecule has 2 aromatic carbocycles. The van der Waals surface area contributed by atoms with E-state index in [0.29, 0.717) is 5.56 Å². The van der Waals surface area contributed by atoms with Crippen LogP contribution in [0.3, 0.4) is 0 Å². The Morgan fingerprint density at radius 1 is 1.18 bits per heavy atom. The molecule has 1 fully saturated rings. The number of benzene rings is 2. The average molecular weight is 304 g/mol. The van der Waals surface area contributed by atoms with Crippen LogP contribution in [0.15, 0.2) is 30.3 Å². The van der Waals surface area contributed by atoms with E-state index in [1.54, 1.807) is 0 Å². The molecular weight excluding hydrogens is 290 g/mol. The van der Waals surface area contributed by atoms with Gasteiger partial charge in [0.15, 0.2) is 0 Å². The van der Waals surface area contributed by atoms with Crippen LogP contribution in [0.25, 0.3) is 11.1 Å². The second-order valence-corrected chi connectivity index (χ2v) is 5.35. The summed E-state index contributed by atoms with van der Waals surface area (Å²) in [5.41, 5.74) is 1.50. The highest BCUT2D eigenvalue weighted by atomic mass is 19.1. The van der Waals surface area contributed by atoms with Crippen molar-refractivity contribution in [1.29, 1.82) is 0 Å². The molecule has 0 unspecified atom stereocenters. The summed E-state index contributed by atoms with van der Waals surface area (Å²) in [6.07, 6.45) is 1.86. The summed E-state index contributed by atoms with van der Waals surface area (Å²) in [7, 11) is 1.23. The van der Waals surface area contributed by atoms with Crippen LogP contribution in [0.4, 0.5) is 8.78 Å². The van der Waals surface area contributed by atoms with Gasteiger partial charge in [0.1, 0.15) is 22.9 Å². The van der Waals surface area contributed by atoms with E-state index in [0.717, 1.165) is 24.5 Å². The van der Waals surface area contributed by atoms with Gasteiger partial charge in [-0.3, -0.25) is 0 Å². The van der Waals surface area contributed by atoms with Gasteiger partial charge in [0.25, 0.3) is 0 Å². The molecule has 2 aromatic rings. The standard InChI is InChI=1S/C17H14F2O3/c1-22-17(21)14-7-12(9-2-3-9)13(8-16(14)20)11-5-4-10(18)6-15(11)19/h4-9,20H,2-3H2,1H3. The van der Waals surface area contributed by atoms with Crippen molar-refractivity contribution in [3.8, 4) is 16.9 Å². The number of hydrogen-bond acceptors (Lipinski definition) is 3. The van der Waals surface area contributed by atoms with Crippen molar-refractivity contribution in [3.63, 3.8) is 0 Å². The van der Waals surface area contributed by atoms with E-state index in [-0.39, 0.29) is 22.8 Å². The first-order valence-corrected chi connectivity index (χ1v) is 6.92. The van der Waals surface area contributed by atoms with Gasteiger partial charge in [-0.15, -0.1) is 0 Å². The lowest BCUT2D eigenvalue weighted by Gasteiger charge is -2.13. The van der Waals surface area contributed by atoms with Gasteiger partial charge < -0.3 is 9.84 Å². The minimum atomic E-state index is -0.702. The van der Waals surface area contributed by atoms with E-state index in [1.807, 2.05) is 0 Å². The van der Waals surface area contributed by atoms with E-state index in [4.69, 9.17) is 0 Å². The Bertz CT molecular complexity index is 752. The largest absolute Gasteiger partial charge is 0.507 e. The summed E-state index contributed by atoms with van der Waals surface area (Å²) in [4.78, 5) is 11.7. The Morgan fingerprint density at radius 3 is 2.50 bits per heavy atom. The molecule has 0 aromatic heterocycles. The average Bonchev–Trinajstić information content (AvgIpc) is 3.31. The molecule has 0 radical (unpaired) electrons. The van der Waals surface area contributed by atoms with Gasteiger partial charge in [0.2, 0.25) is 0 Å². The molecule has 0 amide bonds. The second-order valence-electron chi connectivity index (χ2n) is 5.35. The smallest absolute Gasteiger partial charge is 0.341 e. The molecule has 22 heavy (non-hydrogen) atoms. The van der Waals surface area contributed by atoms with E-state index >= 15 is 0 Å². The van der Waals surface area contributed by atoms with Crippen molar-refractivity contribution < 1.29 is 23.4 Å². The zero-order valence-electron chi connectivity index (χ0n) is 11.9. The minimum absolute atomic E-state index is 0.0515. The summed E-state index contributed by atoms with van der Waals surface area (Å²) in [5.74, 6) is -2.08. The van der Waals surface area contributed by atoms with Crippen molar-refractivity contribution in [2.75, 3.05) is 7.11 Å². The highest BCUT2D eigenvalue weighted by Crippen LogP contribution is 2.46. The molecule has 5 heteroatoms. The first kappa shape index (κ1) is 14.5. The fraction of sp³-hybridized carbons (Fsp3) is 0.235. The van der Waals surface area contributed by atoms with Crippen LogP contribution in [0.2, 0.25) is 0 Å². The summed E-state index contributed by atoms with van der Waals surface area (Å²) >= 11 is 0. The Labute approximate surface area is 126 Å². The van der Waals surface area contributed by atoms with Crippen molar-refractivity contribution in [3.05, 3.63) is 53.1 Å². The van der Waals surface area contributed by atoms with Crippen molar-refractivity contribution in [1.82, 2.24) is 0 Å². The summed E-state index contributed by atoms with van der Waals surface area (Å²) < 4.78 is 31.8. The highest BCUT2D eigenvalue weighted by molar-refractivity contribution is 5.94. The van der Waals surface area contributed by atoms with Crippen LogP contribution in [-0.4, -0.2) is 18.2 Å². The summed E-state index contributed by atoms with van der Waals surface area (Å²) in [6, 6.07) is 6.19. The number of esters is 1. The molecule has 0 spiro atoms. The number of carbonyl (C=O) groups excluding carboxylic acids is 1. The third-order valence-electron chi connectivity index (χ3n) is 3.81. The van der Waals surface area contributed by atoms with Gasteiger partial charge in [-0.05, 0) is 54.2 Å². The number of hydrogen-bond donors (Lipinski definition) is 1. The van der Waals surface area contributed by atoms with Crippen LogP contribution in [0.5, 0.6) is 5.75 Å². The van der Waals surface area contributed by atoms with E-state index < -0.39 is 17.6 Å². The number of rotatable bonds is 3. The minimum Gasteiger partial charge on any atom is -0.507 e. The SMILES string of the molecule is COC(=O)c1cc(C2CC2)c(-c2ccc(F)cc2F)cc1O. The molecule has 0 saturated heterocycles. The molecule has 0 aliphatic heterocycles. The van der Waals surface area contributed by atoms with E-state index in [2.05, 4.69) is 4.74 Å². The molecule has 1 aliphatic carbocycles. The fourth-order valence-corrected chi connectivity index (χ4v) is 2.55. The fourth-order valence-electron chi connectivity index (χ4n) is 2.55. The third-order valence-corrected chi connectivity index (χ3v) is 3.81. The lowest BCUT2D eigenvalue weighted by Crippen LogP contribution is -2.04. The zero-order valence-corrected chi connectivity index (χ0v) is 11.9. The van der Waals surface area contributed by atoms with Crippen molar-refractivity contribution in [2.45, 2.75) is 18.8 Å². The van der Waals surface area contributed by atoms with Gasteiger partial charge in [0.05, 0.1) is 7.11 Å². The predicted molar refractivity (Wildman–Crippen MR) is 76.8 cm³/mol.